The molecule has 1 atom stereocenters. The molecule has 1 heterocycles. The highest BCUT2D eigenvalue weighted by Gasteiger charge is 2.54. The van der Waals surface area contributed by atoms with E-state index in [0.29, 0.717) is 0 Å². The van der Waals surface area contributed by atoms with E-state index in [0.717, 1.165) is 0 Å². The molecule has 0 spiro atoms. The van der Waals surface area contributed by atoms with Crippen molar-refractivity contribution in [2.24, 2.45) is 0 Å². The third-order valence-electron chi connectivity index (χ3n) is 2.30. The standard InChI is InChI=1S/C8H16O3S2/c1-7(2)6(11-3)8(4-9,5-10)13-12-7/h6,9-10H,4-5H2,1-3H3. The van der Waals surface area contributed by atoms with Crippen molar-refractivity contribution in [2.45, 2.75) is 29.4 Å². The Bertz CT molecular complexity index is 180. The van der Waals surface area contributed by atoms with Crippen molar-refractivity contribution in [3.63, 3.8) is 0 Å². The Labute approximate surface area is 86.6 Å². The normalized spacial score (nSPS) is 30.7. The number of hydrogen-bond acceptors (Lipinski definition) is 5. The Kier molecular flexibility index (Phi) is 3.57. The SMILES string of the molecule is COC1C(C)(C)SSC1(CO)CO. The van der Waals surface area contributed by atoms with Crippen LogP contribution < -0.4 is 0 Å². The van der Waals surface area contributed by atoms with Crippen LogP contribution >= 0.6 is 21.6 Å². The summed E-state index contributed by atoms with van der Waals surface area (Å²) < 4.78 is 4.75. The quantitative estimate of drug-likeness (QED) is 0.698. The topological polar surface area (TPSA) is 49.7 Å². The number of methoxy groups -OCH3 is 1. The molecule has 0 radical (unpaired) electrons. The van der Waals surface area contributed by atoms with Crippen LogP contribution in [-0.2, 0) is 4.74 Å². The van der Waals surface area contributed by atoms with E-state index in [1.807, 2.05) is 0 Å². The van der Waals surface area contributed by atoms with Crippen molar-refractivity contribution in [1.29, 1.82) is 0 Å². The Balaban J connectivity index is 2.89. The van der Waals surface area contributed by atoms with Crippen LogP contribution in [0.5, 0.6) is 0 Å². The predicted molar refractivity (Wildman–Crippen MR) is 57.0 cm³/mol. The lowest BCUT2D eigenvalue weighted by Crippen LogP contribution is -2.50. The maximum absolute atomic E-state index is 9.28. The molecule has 1 saturated heterocycles. The fraction of sp³-hybridized carbons (Fsp3) is 1.00. The van der Waals surface area contributed by atoms with Gasteiger partial charge in [-0.15, -0.1) is 0 Å². The van der Waals surface area contributed by atoms with E-state index in [9.17, 15) is 10.2 Å². The number of hydrogen-bond donors (Lipinski definition) is 2. The van der Waals surface area contributed by atoms with Gasteiger partial charge in [-0.1, -0.05) is 21.6 Å². The van der Waals surface area contributed by atoms with Gasteiger partial charge in [0.1, 0.15) is 0 Å². The molecule has 1 unspecified atom stereocenters. The first-order valence-electron chi connectivity index (χ1n) is 4.14. The fourth-order valence-corrected chi connectivity index (χ4v) is 5.11. The summed E-state index contributed by atoms with van der Waals surface area (Å²) >= 11 is 0. The summed E-state index contributed by atoms with van der Waals surface area (Å²) in [5.74, 6) is 0. The summed E-state index contributed by atoms with van der Waals surface area (Å²) in [4.78, 5) is 0. The highest BCUT2D eigenvalue weighted by molar-refractivity contribution is 8.78. The van der Waals surface area contributed by atoms with Gasteiger partial charge in [0.05, 0.1) is 24.1 Å². The van der Waals surface area contributed by atoms with Gasteiger partial charge in [0.25, 0.3) is 0 Å². The van der Waals surface area contributed by atoms with E-state index in [1.54, 1.807) is 17.9 Å². The van der Waals surface area contributed by atoms with Gasteiger partial charge in [-0.3, -0.25) is 0 Å². The lowest BCUT2D eigenvalue weighted by molar-refractivity contribution is 0.00717. The number of rotatable bonds is 3. The maximum atomic E-state index is 9.28. The van der Waals surface area contributed by atoms with Crippen LogP contribution in [0.3, 0.4) is 0 Å². The van der Waals surface area contributed by atoms with E-state index in [-0.39, 0.29) is 24.1 Å². The van der Waals surface area contributed by atoms with Crippen LogP contribution in [0.25, 0.3) is 0 Å². The Morgan fingerprint density at radius 3 is 2.08 bits per heavy atom. The van der Waals surface area contributed by atoms with Crippen LogP contribution in [0, 0.1) is 0 Å². The lowest BCUT2D eigenvalue weighted by Gasteiger charge is -2.33. The minimum Gasteiger partial charge on any atom is -0.395 e. The molecule has 0 amide bonds. The summed E-state index contributed by atoms with van der Waals surface area (Å²) in [6, 6.07) is 0. The van der Waals surface area contributed by atoms with Crippen molar-refractivity contribution < 1.29 is 14.9 Å². The van der Waals surface area contributed by atoms with Gasteiger partial charge in [-0.2, -0.15) is 0 Å². The smallest absolute Gasteiger partial charge is 0.0997 e. The van der Waals surface area contributed by atoms with E-state index in [2.05, 4.69) is 13.8 Å². The Hall–Kier alpha value is 0.580. The van der Waals surface area contributed by atoms with E-state index in [1.165, 1.54) is 10.8 Å². The van der Waals surface area contributed by atoms with Crippen molar-refractivity contribution >= 4 is 21.6 Å². The summed E-state index contributed by atoms with van der Waals surface area (Å²) in [5, 5.41) is 18.6. The van der Waals surface area contributed by atoms with Crippen molar-refractivity contribution in [2.75, 3.05) is 20.3 Å². The third kappa shape index (κ3) is 1.85. The molecule has 0 bridgehead atoms. The fourth-order valence-electron chi connectivity index (χ4n) is 1.68. The molecule has 3 nitrogen and oxygen atoms in total. The monoisotopic (exact) mass is 224 g/mol. The number of aliphatic hydroxyl groups excluding tert-OH is 2. The van der Waals surface area contributed by atoms with Crippen LogP contribution in [0.1, 0.15) is 13.8 Å². The highest BCUT2D eigenvalue weighted by atomic mass is 33.1. The molecule has 13 heavy (non-hydrogen) atoms. The molecule has 2 N–H and O–H groups in total. The van der Waals surface area contributed by atoms with Gasteiger partial charge in [0.2, 0.25) is 0 Å². The summed E-state index contributed by atoms with van der Waals surface area (Å²) in [6.45, 7) is 4.02. The molecule has 0 aromatic heterocycles. The zero-order chi connectivity index (χ0) is 10.1. The second kappa shape index (κ2) is 3.98. The van der Waals surface area contributed by atoms with Crippen molar-refractivity contribution in [3.8, 4) is 0 Å². The van der Waals surface area contributed by atoms with E-state index >= 15 is 0 Å². The molecule has 0 aromatic rings. The first kappa shape index (κ1) is 11.7. The molecule has 1 aliphatic rings. The van der Waals surface area contributed by atoms with Gasteiger partial charge in [0.15, 0.2) is 0 Å². The maximum Gasteiger partial charge on any atom is 0.0997 e. The summed E-state index contributed by atoms with van der Waals surface area (Å²) in [6.07, 6.45) is -0.120. The molecule has 0 saturated carbocycles. The zero-order valence-corrected chi connectivity index (χ0v) is 9.74. The molecule has 1 aliphatic heterocycles. The molecule has 0 aliphatic carbocycles. The largest absolute Gasteiger partial charge is 0.395 e. The van der Waals surface area contributed by atoms with Gasteiger partial charge in [-0.05, 0) is 13.8 Å². The van der Waals surface area contributed by atoms with Crippen LogP contribution in [0.4, 0.5) is 0 Å². The lowest BCUT2D eigenvalue weighted by atomic mass is 9.92. The Morgan fingerprint density at radius 2 is 1.77 bits per heavy atom. The van der Waals surface area contributed by atoms with Gasteiger partial charge in [-0.25, -0.2) is 0 Å². The molecule has 0 aromatic carbocycles. The van der Waals surface area contributed by atoms with Crippen molar-refractivity contribution in [3.05, 3.63) is 0 Å². The first-order valence-corrected chi connectivity index (χ1v) is 6.29. The first-order chi connectivity index (χ1) is 6.02. The van der Waals surface area contributed by atoms with Gasteiger partial charge >= 0.3 is 0 Å². The third-order valence-corrected chi connectivity index (χ3v) is 6.37. The van der Waals surface area contributed by atoms with Crippen LogP contribution in [-0.4, -0.2) is 46.1 Å². The Morgan fingerprint density at radius 1 is 1.23 bits per heavy atom. The zero-order valence-electron chi connectivity index (χ0n) is 8.11. The second-order valence-corrected chi connectivity index (χ2v) is 6.97. The average molecular weight is 224 g/mol. The molecule has 5 heteroatoms. The molecule has 78 valence electrons. The predicted octanol–water partition coefficient (Wildman–Crippen LogP) is 0.898. The minimum atomic E-state index is -0.553. The van der Waals surface area contributed by atoms with E-state index < -0.39 is 4.75 Å². The van der Waals surface area contributed by atoms with Crippen LogP contribution in [0.2, 0.25) is 0 Å². The molecule has 1 rings (SSSR count). The second-order valence-electron chi connectivity index (χ2n) is 3.77. The highest BCUT2D eigenvalue weighted by Crippen LogP contribution is 2.57. The minimum absolute atomic E-state index is 0.0525. The van der Waals surface area contributed by atoms with Gasteiger partial charge in [0, 0.05) is 11.9 Å². The summed E-state index contributed by atoms with van der Waals surface area (Å²) in [7, 11) is 4.81. The molecule has 1 fully saturated rings. The average Bonchev–Trinajstić information content (AvgIpc) is 2.37. The number of aliphatic hydroxyl groups is 2. The van der Waals surface area contributed by atoms with Crippen LogP contribution in [0.15, 0.2) is 0 Å². The van der Waals surface area contributed by atoms with Crippen molar-refractivity contribution in [1.82, 2.24) is 0 Å². The molecular weight excluding hydrogens is 208 g/mol. The molecular formula is C8H16O3S2. The van der Waals surface area contributed by atoms with Gasteiger partial charge < -0.3 is 14.9 Å². The number of ether oxygens (including phenoxy) is 1. The van der Waals surface area contributed by atoms with E-state index in [4.69, 9.17) is 4.74 Å². The summed E-state index contributed by atoms with van der Waals surface area (Å²) in [5.41, 5.74) is 0.